The van der Waals surface area contributed by atoms with Crippen LogP contribution in [0.1, 0.15) is 24.6 Å². The van der Waals surface area contributed by atoms with E-state index in [-0.39, 0.29) is 30.2 Å². The molecular weight excluding hydrogens is 261 g/mol. The molecule has 104 valence electrons. The van der Waals surface area contributed by atoms with Crippen LogP contribution in [0.4, 0.5) is 13.2 Å². The maximum Gasteiger partial charge on any atom is 0.434 e. The van der Waals surface area contributed by atoms with E-state index in [0.29, 0.717) is 6.42 Å². The molecule has 1 aromatic heterocycles. The lowest BCUT2D eigenvalue weighted by Gasteiger charge is -2.14. The van der Waals surface area contributed by atoms with E-state index in [1.54, 1.807) is 0 Å². The zero-order valence-corrected chi connectivity index (χ0v) is 10.3. The number of alkyl halides is 3. The highest BCUT2D eigenvalue weighted by atomic mass is 19.4. The summed E-state index contributed by atoms with van der Waals surface area (Å²) in [7, 11) is 0. The summed E-state index contributed by atoms with van der Waals surface area (Å²) in [6.45, 7) is 5.46. The number of pyridine rings is 1. The Labute approximate surface area is 108 Å². The molecule has 1 rings (SSSR count). The van der Waals surface area contributed by atoms with Gasteiger partial charge in [-0.15, -0.1) is 0 Å². The van der Waals surface area contributed by atoms with Gasteiger partial charge in [-0.2, -0.15) is 13.2 Å². The third kappa shape index (κ3) is 3.97. The second kappa shape index (κ2) is 6.21. The van der Waals surface area contributed by atoms with Crippen LogP contribution in [0, 0.1) is 0 Å². The standard InChI is InChI=1S/C12H13F3N2O2/c1-3-6-19-10-5-4-9(8(2)16-7-18)11(17-10)12(13,14)15/h4-5,7H,2-3,6H2,1H3,(H,16,18). The maximum absolute atomic E-state index is 12.9. The Kier molecular flexibility index (Phi) is 4.91. The van der Waals surface area contributed by atoms with Gasteiger partial charge in [-0.25, -0.2) is 4.98 Å². The number of nitrogens with zero attached hydrogens (tertiary/aromatic N) is 1. The number of hydrogen-bond donors (Lipinski definition) is 1. The molecular formula is C12H13F3N2O2. The largest absolute Gasteiger partial charge is 0.478 e. The number of amides is 1. The van der Waals surface area contributed by atoms with E-state index in [9.17, 15) is 18.0 Å². The van der Waals surface area contributed by atoms with Crippen LogP contribution in [0.5, 0.6) is 5.88 Å². The third-order valence-corrected chi connectivity index (χ3v) is 2.15. The van der Waals surface area contributed by atoms with Crippen molar-refractivity contribution in [1.29, 1.82) is 0 Å². The van der Waals surface area contributed by atoms with Gasteiger partial charge in [0.1, 0.15) is 0 Å². The molecule has 0 bridgehead atoms. The molecule has 0 saturated carbocycles. The van der Waals surface area contributed by atoms with Crippen molar-refractivity contribution in [2.45, 2.75) is 19.5 Å². The zero-order valence-electron chi connectivity index (χ0n) is 10.3. The van der Waals surface area contributed by atoms with Crippen molar-refractivity contribution in [2.24, 2.45) is 0 Å². The Morgan fingerprint density at radius 2 is 2.21 bits per heavy atom. The molecule has 0 unspecified atom stereocenters. The highest BCUT2D eigenvalue weighted by Crippen LogP contribution is 2.33. The van der Waals surface area contributed by atoms with Crippen LogP contribution in [0.25, 0.3) is 5.70 Å². The first-order chi connectivity index (χ1) is 8.90. The summed E-state index contributed by atoms with van der Waals surface area (Å²) >= 11 is 0. The van der Waals surface area contributed by atoms with E-state index in [1.807, 2.05) is 6.92 Å². The van der Waals surface area contributed by atoms with Crippen molar-refractivity contribution in [1.82, 2.24) is 10.3 Å². The van der Waals surface area contributed by atoms with Crippen molar-refractivity contribution in [3.05, 3.63) is 30.0 Å². The first kappa shape index (κ1) is 15.0. The Morgan fingerprint density at radius 1 is 1.53 bits per heavy atom. The molecule has 1 N–H and O–H groups in total. The predicted molar refractivity (Wildman–Crippen MR) is 63.3 cm³/mol. The molecule has 4 nitrogen and oxygen atoms in total. The number of nitrogens with one attached hydrogen (secondary N) is 1. The third-order valence-electron chi connectivity index (χ3n) is 2.15. The fourth-order valence-electron chi connectivity index (χ4n) is 1.34. The van der Waals surface area contributed by atoms with E-state index in [2.05, 4.69) is 16.9 Å². The molecule has 1 aromatic rings. The van der Waals surface area contributed by atoms with E-state index in [1.165, 1.54) is 12.1 Å². The first-order valence-electron chi connectivity index (χ1n) is 5.50. The number of ether oxygens (including phenoxy) is 1. The van der Waals surface area contributed by atoms with Crippen LogP contribution < -0.4 is 10.1 Å². The maximum atomic E-state index is 12.9. The highest BCUT2D eigenvalue weighted by Gasteiger charge is 2.36. The molecule has 0 aliphatic carbocycles. The first-order valence-corrected chi connectivity index (χ1v) is 5.50. The molecule has 0 saturated heterocycles. The lowest BCUT2D eigenvalue weighted by Crippen LogP contribution is -2.17. The minimum atomic E-state index is -4.66. The number of rotatable bonds is 6. The van der Waals surface area contributed by atoms with Gasteiger partial charge in [0.05, 0.1) is 6.61 Å². The average molecular weight is 274 g/mol. The van der Waals surface area contributed by atoms with Crippen molar-refractivity contribution in [3.8, 4) is 5.88 Å². The Balaban J connectivity index is 3.17. The van der Waals surface area contributed by atoms with Gasteiger partial charge in [-0.3, -0.25) is 4.79 Å². The molecule has 0 aromatic carbocycles. The second-order valence-corrected chi connectivity index (χ2v) is 3.63. The summed E-state index contributed by atoms with van der Waals surface area (Å²) in [5.74, 6) is -0.114. The lowest BCUT2D eigenvalue weighted by atomic mass is 10.1. The minimum Gasteiger partial charge on any atom is -0.478 e. The molecule has 7 heteroatoms. The fraction of sp³-hybridized carbons (Fsp3) is 0.333. The van der Waals surface area contributed by atoms with E-state index in [0.717, 1.165) is 0 Å². The Morgan fingerprint density at radius 3 is 2.74 bits per heavy atom. The van der Waals surface area contributed by atoms with Gasteiger partial charge >= 0.3 is 6.18 Å². The van der Waals surface area contributed by atoms with Gasteiger partial charge in [-0.1, -0.05) is 13.5 Å². The smallest absolute Gasteiger partial charge is 0.434 e. The molecule has 1 heterocycles. The van der Waals surface area contributed by atoms with Gasteiger partial charge in [-0.05, 0) is 12.5 Å². The highest BCUT2D eigenvalue weighted by molar-refractivity contribution is 5.73. The number of hydrogen-bond acceptors (Lipinski definition) is 3. The molecule has 0 aliphatic heterocycles. The summed E-state index contributed by atoms with van der Waals surface area (Å²) in [5.41, 5.74) is -1.60. The van der Waals surface area contributed by atoms with Crippen LogP contribution in [-0.4, -0.2) is 18.0 Å². The van der Waals surface area contributed by atoms with Crippen molar-refractivity contribution >= 4 is 12.1 Å². The van der Waals surface area contributed by atoms with Crippen molar-refractivity contribution < 1.29 is 22.7 Å². The quantitative estimate of drug-likeness (QED) is 0.811. The minimum absolute atomic E-state index is 0.114. The SMILES string of the molecule is C=C(NC=O)c1ccc(OCCC)nc1C(F)(F)F. The monoisotopic (exact) mass is 274 g/mol. The van der Waals surface area contributed by atoms with Gasteiger partial charge in [0, 0.05) is 17.3 Å². The van der Waals surface area contributed by atoms with E-state index in [4.69, 9.17) is 4.74 Å². The summed E-state index contributed by atoms with van der Waals surface area (Å²) < 4.78 is 43.7. The zero-order chi connectivity index (χ0) is 14.5. The normalized spacial score (nSPS) is 10.9. The van der Waals surface area contributed by atoms with Crippen molar-refractivity contribution in [3.63, 3.8) is 0 Å². The average Bonchev–Trinajstić information content (AvgIpc) is 2.35. The predicted octanol–water partition coefficient (Wildman–Crippen LogP) is 2.61. The summed E-state index contributed by atoms with van der Waals surface area (Å²) in [5, 5.41) is 2.08. The number of aromatic nitrogens is 1. The van der Waals surface area contributed by atoms with Gasteiger partial charge in [0.2, 0.25) is 12.3 Å². The van der Waals surface area contributed by atoms with E-state index < -0.39 is 11.9 Å². The van der Waals surface area contributed by atoms with Gasteiger partial charge < -0.3 is 10.1 Å². The molecule has 1 amide bonds. The van der Waals surface area contributed by atoms with Crippen LogP contribution in [0.3, 0.4) is 0 Å². The molecule has 0 atom stereocenters. The van der Waals surface area contributed by atoms with Crippen LogP contribution >= 0.6 is 0 Å². The Bertz CT molecular complexity index is 473. The number of carbonyl (C=O) groups excluding carboxylic acids is 1. The van der Waals surface area contributed by atoms with Crippen LogP contribution in [0.15, 0.2) is 18.7 Å². The number of halogens is 3. The van der Waals surface area contributed by atoms with Crippen LogP contribution in [-0.2, 0) is 11.0 Å². The van der Waals surface area contributed by atoms with E-state index >= 15 is 0 Å². The molecule has 0 aliphatic rings. The molecule has 0 radical (unpaired) electrons. The lowest BCUT2D eigenvalue weighted by molar-refractivity contribution is -0.141. The fourth-order valence-corrected chi connectivity index (χ4v) is 1.34. The Hall–Kier alpha value is -2.05. The topological polar surface area (TPSA) is 51.2 Å². The molecule has 19 heavy (non-hydrogen) atoms. The van der Waals surface area contributed by atoms with Crippen molar-refractivity contribution in [2.75, 3.05) is 6.61 Å². The number of carbonyl (C=O) groups is 1. The van der Waals surface area contributed by atoms with Crippen LogP contribution in [0.2, 0.25) is 0 Å². The summed E-state index contributed by atoms with van der Waals surface area (Å²) in [4.78, 5) is 13.7. The molecule has 0 fully saturated rings. The summed E-state index contributed by atoms with van der Waals surface area (Å²) in [6.07, 6.45) is -3.75. The van der Waals surface area contributed by atoms with Gasteiger partial charge in [0.25, 0.3) is 0 Å². The summed E-state index contributed by atoms with van der Waals surface area (Å²) in [6, 6.07) is 2.47. The van der Waals surface area contributed by atoms with Gasteiger partial charge in [0.15, 0.2) is 5.69 Å². The second-order valence-electron chi connectivity index (χ2n) is 3.63. The molecule has 0 spiro atoms.